The number of methoxy groups -OCH3 is 1. The summed E-state index contributed by atoms with van der Waals surface area (Å²) < 4.78 is 10.2. The zero-order valence-electron chi connectivity index (χ0n) is 11.6. The van der Waals surface area contributed by atoms with E-state index in [1.54, 1.807) is 0 Å². The molecule has 17 heavy (non-hydrogen) atoms. The second-order valence-electron chi connectivity index (χ2n) is 4.53. The maximum absolute atomic E-state index is 11.4. The fourth-order valence-electron chi connectivity index (χ4n) is 1.56. The monoisotopic (exact) mass is 245 g/mol. The van der Waals surface area contributed by atoms with Crippen LogP contribution in [0, 0.1) is 0 Å². The van der Waals surface area contributed by atoms with E-state index in [0.717, 1.165) is 6.42 Å². The van der Waals surface area contributed by atoms with Gasteiger partial charge in [-0.2, -0.15) is 0 Å². The number of carbonyl (C=O) groups is 1. The van der Waals surface area contributed by atoms with Crippen LogP contribution < -0.4 is 5.32 Å². The van der Waals surface area contributed by atoms with Crippen molar-refractivity contribution in [1.82, 2.24) is 5.32 Å². The maximum Gasteiger partial charge on any atom is 0.325 e. The first-order valence-electron chi connectivity index (χ1n) is 6.53. The topological polar surface area (TPSA) is 47.6 Å². The van der Waals surface area contributed by atoms with Gasteiger partial charge in [-0.15, -0.1) is 0 Å². The molecule has 0 aliphatic heterocycles. The standard InChI is InChI=1S/C13H27NO3/c1-5-6-7-8-9-17-10-12(13(15)16-4)14-11(2)3/h11-12,14H,5-10H2,1-4H3. The number of carbonyl (C=O) groups excluding carboxylic acids is 1. The van der Waals surface area contributed by atoms with Crippen molar-refractivity contribution >= 4 is 5.97 Å². The molecule has 0 saturated carbocycles. The Balaban J connectivity index is 3.72. The number of ether oxygens (including phenoxy) is 2. The summed E-state index contributed by atoms with van der Waals surface area (Å²) in [6.45, 7) is 7.28. The molecule has 1 N–H and O–H groups in total. The molecule has 0 rings (SSSR count). The van der Waals surface area contributed by atoms with Gasteiger partial charge in [0.25, 0.3) is 0 Å². The van der Waals surface area contributed by atoms with Gasteiger partial charge in [-0.1, -0.05) is 40.0 Å². The third-order valence-electron chi connectivity index (χ3n) is 2.45. The van der Waals surface area contributed by atoms with E-state index in [1.807, 2.05) is 13.8 Å². The molecule has 0 spiro atoms. The van der Waals surface area contributed by atoms with Crippen molar-refractivity contribution in [1.29, 1.82) is 0 Å². The first-order chi connectivity index (χ1) is 8.11. The first kappa shape index (κ1) is 16.4. The molecule has 0 aromatic carbocycles. The molecule has 0 radical (unpaired) electrons. The van der Waals surface area contributed by atoms with Gasteiger partial charge >= 0.3 is 5.97 Å². The van der Waals surface area contributed by atoms with Crippen molar-refractivity contribution in [2.45, 2.75) is 58.5 Å². The van der Waals surface area contributed by atoms with E-state index in [4.69, 9.17) is 9.47 Å². The molecule has 0 fully saturated rings. The average Bonchev–Trinajstić information content (AvgIpc) is 2.30. The summed E-state index contributed by atoms with van der Waals surface area (Å²) in [5.74, 6) is -0.257. The smallest absolute Gasteiger partial charge is 0.325 e. The largest absolute Gasteiger partial charge is 0.468 e. The van der Waals surface area contributed by atoms with E-state index in [2.05, 4.69) is 12.2 Å². The van der Waals surface area contributed by atoms with Crippen LogP contribution in [-0.4, -0.2) is 38.4 Å². The van der Waals surface area contributed by atoms with Crippen LogP contribution in [0.25, 0.3) is 0 Å². The summed E-state index contributed by atoms with van der Waals surface area (Å²) in [5, 5.41) is 3.13. The summed E-state index contributed by atoms with van der Waals surface area (Å²) in [6, 6.07) is -0.117. The molecular formula is C13H27NO3. The minimum absolute atomic E-state index is 0.239. The fourth-order valence-corrected chi connectivity index (χ4v) is 1.56. The number of hydrogen-bond acceptors (Lipinski definition) is 4. The summed E-state index contributed by atoms with van der Waals surface area (Å²) in [4.78, 5) is 11.4. The average molecular weight is 245 g/mol. The molecule has 0 aromatic heterocycles. The Morgan fingerprint density at radius 3 is 2.47 bits per heavy atom. The number of unbranched alkanes of at least 4 members (excludes halogenated alkanes) is 3. The van der Waals surface area contributed by atoms with E-state index in [-0.39, 0.29) is 18.1 Å². The summed E-state index contributed by atoms with van der Waals surface area (Å²) in [7, 11) is 1.40. The van der Waals surface area contributed by atoms with E-state index in [0.29, 0.717) is 13.2 Å². The van der Waals surface area contributed by atoms with Crippen molar-refractivity contribution in [3.05, 3.63) is 0 Å². The Labute approximate surface area is 105 Å². The second kappa shape index (κ2) is 10.5. The Morgan fingerprint density at radius 2 is 1.94 bits per heavy atom. The Hall–Kier alpha value is -0.610. The molecule has 0 heterocycles. The van der Waals surface area contributed by atoms with E-state index in [1.165, 1.54) is 26.4 Å². The Kier molecular flexibility index (Phi) is 10.2. The van der Waals surface area contributed by atoms with Gasteiger partial charge in [0.05, 0.1) is 13.7 Å². The van der Waals surface area contributed by atoms with Gasteiger partial charge in [-0.25, -0.2) is 0 Å². The number of nitrogens with one attached hydrogen (secondary N) is 1. The van der Waals surface area contributed by atoms with Gasteiger partial charge in [-0.3, -0.25) is 4.79 Å². The molecule has 4 nitrogen and oxygen atoms in total. The van der Waals surface area contributed by atoms with Gasteiger partial charge in [0.1, 0.15) is 6.04 Å². The lowest BCUT2D eigenvalue weighted by molar-refractivity contribution is -0.145. The SMILES string of the molecule is CCCCCCOCC(NC(C)C)C(=O)OC. The second-order valence-corrected chi connectivity index (χ2v) is 4.53. The summed E-state index contributed by atoms with van der Waals surface area (Å²) in [6.07, 6.45) is 4.72. The number of hydrogen-bond donors (Lipinski definition) is 1. The fraction of sp³-hybridized carbons (Fsp3) is 0.923. The predicted molar refractivity (Wildman–Crippen MR) is 69.0 cm³/mol. The Morgan fingerprint density at radius 1 is 1.24 bits per heavy atom. The zero-order chi connectivity index (χ0) is 13.1. The van der Waals surface area contributed by atoms with Crippen molar-refractivity contribution in [2.75, 3.05) is 20.3 Å². The van der Waals surface area contributed by atoms with E-state index in [9.17, 15) is 4.79 Å². The minimum Gasteiger partial charge on any atom is -0.468 e. The van der Waals surface area contributed by atoms with Gasteiger partial charge in [0.15, 0.2) is 0 Å². The van der Waals surface area contributed by atoms with Crippen LogP contribution in [0.4, 0.5) is 0 Å². The van der Waals surface area contributed by atoms with Gasteiger partial charge in [-0.05, 0) is 6.42 Å². The molecule has 0 saturated heterocycles. The molecule has 0 bridgehead atoms. The highest BCUT2D eigenvalue weighted by atomic mass is 16.5. The lowest BCUT2D eigenvalue weighted by Gasteiger charge is -2.18. The zero-order valence-corrected chi connectivity index (χ0v) is 11.6. The molecule has 1 unspecified atom stereocenters. The minimum atomic E-state index is -0.355. The van der Waals surface area contributed by atoms with Crippen LogP contribution in [0.2, 0.25) is 0 Å². The molecule has 0 aromatic rings. The van der Waals surface area contributed by atoms with Gasteiger partial charge in [0.2, 0.25) is 0 Å². The van der Waals surface area contributed by atoms with E-state index < -0.39 is 0 Å². The van der Waals surface area contributed by atoms with Crippen LogP contribution in [0.3, 0.4) is 0 Å². The van der Waals surface area contributed by atoms with Gasteiger partial charge in [0, 0.05) is 12.6 Å². The van der Waals surface area contributed by atoms with E-state index >= 15 is 0 Å². The molecule has 0 amide bonds. The molecule has 0 aliphatic rings. The van der Waals surface area contributed by atoms with Crippen LogP contribution >= 0.6 is 0 Å². The summed E-state index contributed by atoms with van der Waals surface area (Å²) >= 11 is 0. The summed E-state index contributed by atoms with van der Waals surface area (Å²) in [5.41, 5.74) is 0. The lowest BCUT2D eigenvalue weighted by Crippen LogP contribution is -2.44. The van der Waals surface area contributed by atoms with Crippen LogP contribution in [0.5, 0.6) is 0 Å². The van der Waals surface area contributed by atoms with Crippen molar-refractivity contribution < 1.29 is 14.3 Å². The van der Waals surface area contributed by atoms with Crippen molar-refractivity contribution in [3.63, 3.8) is 0 Å². The number of esters is 1. The molecular weight excluding hydrogens is 218 g/mol. The molecule has 4 heteroatoms. The Bertz CT molecular complexity index is 195. The quantitative estimate of drug-likeness (QED) is 0.473. The molecule has 0 aliphatic carbocycles. The lowest BCUT2D eigenvalue weighted by atomic mass is 10.2. The number of rotatable bonds is 10. The molecule has 1 atom stereocenters. The maximum atomic E-state index is 11.4. The highest BCUT2D eigenvalue weighted by Crippen LogP contribution is 2.00. The normalized spacial score (nSPS) is 12.8. The van der Waals surface area contributed by atoms with Crippen molar-refractivity contribution in [3.8, 4) is 0 Å². The predicted octanol–water partition coefficient (Wildman–Crippen LogP) is 2.12. The highest BCUT2D eigenvalue weighted by molar-refractivity contribution is 5.75. The van der Waals surface area contributed by atoms with Crippen LogP contribution in [0.15, 0.2) is 0 Å². The molecule has 102 valence electrons. The van der Waals surface area contributed by atoms with Crippen molar-refractivity contribution in [2.24, 2.45) is 0 Å². The highest BCUT2D eigenvalue weighted by Gasteiger charge is 2.19. The third-order valence-corrected chi connectivity index (χ3v) is 2.45. The first-order valence-corrected chi connectivity index (χ1v) is 6.53. The van der Waals surface area contributed by atoms with Gasteiger partial charge < -0.3 is 14.8 Å². The third kappa shape index (κ3) is 9.12. The van der Waals surface area contributed by atoms with Crippen LogP contribution in [0.1, 0.15) is 46.5 Å². The van der Waals surface area contributed by atoms with Crippen LogP contribution in [-0.2, 0) is 14.3 Å².